The van der Waals surface area contributed by atoms with Gasteiger partial charge in [0.05, 0.1) is 38.9 Å². The van der Waals surface area contributed by atoms with E-state index in [1.165, 1.54) is 5.56 Å². The molecule has 0 bridgehead atoms. The van der Waals surface area contributed by atoms with Crippen molar-refractivity contribution in [1.82, 2.24) is 0 Å². The molecule has 2 aliphatic rings. The summed E-state index contributed by atoms with van der Waals surface area (Å²) in [7, 11) is 4.58. The van der Waals surface area contributed by atoms with Gasteiger partial charge in [-0.25, -0.2) is 0 Å². The molecule has 2 aromatic carbocycles. The first-order valence-electron chi connectivity index (χ1n) is 10.7. The summed E-state index contributed by atoms with van der Waals surface area (Å²) in [6, 6.07) is 14.8. The SMILES string of the molecule is Cc1cccc2c1OCC(C(=O)Nc1ccc(C[N+](C)(C)C3CCOCC3)cc1)=C2. The summed E-state index contributed by atoms with van der Waals surface area (Å²) in [5, 5.41) is 3.00. The lowest BCUT2D eigenvalue weighted by atomic mass is 10.0. The Balaban J connectivity index is 1.39. The quantitative estimate of drug-likeness (QED) is 0.757. The lowest BCUT2D eigenvalue weighted by Gasteiger charge is -2.40. The summed E-state index contributed by atoms with van der Waals surface area (Å²) < 4.78 is 12.3. The maximum Gasteiger partial charge on any atom is 0.255 e. The van der Waals surface area contributed by atoms with E-state index in [0.29, 0.717) is 18.2 Å². The Morgan fingerprint density at radius 3 is 2.57 bits per heavy atom. The summed E-state index contributed by atoms with van der Waals surface area (Å²) in [6.45, 7) is 5.00. The summed E-state index contributed by atoms with van der Waals surface area (Å²) >= 11 is 0. The van der Waals surface area contributed by atoms with Crippen LogP contribution in [0.2, 0.25) is 0 Å². The van der Waals surface area contributed by atoms with Gasteiger partial charge in [-0.05, 0) is 30.7 Å². The summed E-state index contributed by atoms with van der Waals surface area (Å²) in [4.78, 5) is 12.7. The highest BCUT2D eigenvalue weighted by atomic mass is 16.5. The number of carbonyl (C=O) groups is 1. The number of hydrogen-bond donors (Lipinski definition) is 1. The van der Waals surface area contributed by atoms with Gasteiger partial charge in [0.2, 0.25) is 0 Å². The van der Waals surface area contributed by atoms with Gasteiger partial charge >= 0.3 is 0 Å². The predicted molar refractivity (Wildman–Crippen MR) is 119 cm³/mol. The molecule has 1 saturated heterocycles. The minimum Gasteiger partial charge on any atom is -0.488 e. The van der Waals surface area contributed by atoms with Gasteiger partial charge in [0.15, 0.2) is 0 Å². The molecule has 1 fully saturated rings. The fourth-order valence-electron chi connectivity index (χ4n) is 4.39. The highest BCUT2D eigenvalue weighted by Gasteiger charge is 2.30. The number of amides is 1. The Morgan fingerprint density at radius 1 is 1.10 bits per heavy atom. The third kappa shape index (κ3) is 4.58. The number of rotatable bonds is 5. The normalized spacial score (nSPS) is 17.0. The van der Waals surface area contributed by atoms with Gasteiger partial charge in [0, 0.05) is 29.7 Å². The molecule has 0 atom stereocenters. The van der Waals surface area contributed by atoms with E-state index in [4.69, 9.17) is 9.47 Å². The van der Waals surface area contributed by atoms with Crippen molar-refractivity contribution in [1.29, 1.82) is 0 Å². The van der Waals surface area contributed by atoms with Gasteiger partial charge in [-0.2, -0.15) is 0 Å². The lowest BCUT2D eigenvalue weighted by molar-refractivity contribution is -0.929. The number of para-hydroxylation sites is 1. The van der Waals surface area contributed by atoms with Crippen molar-refractivity contribution in [2.24, 2.45) is 0 Å². The Labute approximate surface area is 178 Å². The zero-order chi connectivity index (χ0) is 21.1. The lowest BCUT2D eigenvalue weighted by Crippen LogP contribution is -2.50. The monoisotopic (exact) mass is 407 g/mol. The van der Waals surface area contributed by atoms with Crippen molar-refractivity contribution in [3.8, 4) is 5.75 Å². The Bertz CT molecular complexity index is 941. The molecule has 2 aromatic rings. The number of fused-ring (bicyclic) bond motifs is 1. The number of anilines is 1. The number of carbonyl (C=O) groups excluding carboxylic acids is 1. The molecule has 2 heterocycles. The summed E-state index contributed by atoms with van der Waals surface area (Å²) in [5.74, 6) is 0.747. The molecule has 0 aromatic heterocycles. The van der Waals surface area contributed by atoms with Gasteiger partial charge < -0.3 is 19.3 Å². The summed E-state index contributed by atoms with van der Waals surface area (Å²) in [5.41, 5.74) is 4.75. The van der Waals surface area contributed by atoms with Crippen LogP contribution in [-0.2, 0) is 16.1 Å². The first-order chi connectivity index (χ1) is 14.4. The van der Waals surface area contributed by atoms with Crippen LogP contribution in [0.15, 0.2) is 48.0 Å². The second kappa shape index (κ2) is 8.62. The second-order valence-electron chi connectivity index (χ2n) is 8.88. The minimum absolute atomic E-state index is 0.117. The number of aryl methyl sites for hydroxylation is 1. The highest BCUT2D eigenvalue weighted by molar-refractivity contribution is 6.07. The molecule has 1 N–H and O–H groups in total. The van der Waals surface area contributed by atoms with Crippen molar-refractivity contribution in [3.05, 3.63) is 64.7 Å². The first-order valence-corrected chi connectivity index (χ1v) is 10.7. The van der Waals surface area contributed by atoms with Crippen LogP contribution in [0.5, 0.6) is 5.75 Å². The van der Waals surface area contributed by atoms with Crippen LogP contribution in [0.3, 0.4) is 0 Å². The van der Waals surface area contributed by atoms with Gasteiger partial charge in [-0.3, -0.25) is 4.79 Å². The van der Waals surface area contributed by atoms with E-state index < -0.39 is 0 Å². The maximum absolute atomic E-state index is 12.7. The molecule has 5 heteroatoms. The summed E-state index contributed by atoms with van der Waals surface area (Å²) in [6.07, 6.45) is 4.14. The van der Waals surface area contributed by atoms with Crippen LogP contribution in [0, 0.1) is 6.92 Å². The molecule has 0 unspecified atom stereocenters. The van der Waals surface area contributed by atoms with Crippen LogP contribution >= 0.6 is 0 Å². The van der Waals surface area contributed by atoms with Crippen molar-refractivity contribution in [2.45, 2.75) is 32.4 Å². The van der Waals surface area contributed by atoms with Crippen LogP contribution in [-0.4, -0.2) is 50.3 Å². The van der Waals surface area contributed by atoms with Crippen molar-refractivity contribution in [2.75, 3.05) is 39.2 Å². The highest BCUT2D eigenvalue weighted by Crippen LogP contribution is 2.30. The fraction of sp³-hybridized carbons (Fsp3) is 0.400. The number of ether oxygens (including phenoxy) is 2. The average Bonchev–Trinajstić information content (AvgIpc) is 2.75. The van der Waals surface area contributed by atoms with Crippen LogP contribution in [0.1, 0.15) is 29.5 Å². The molecule has 5 nitrogen and oxygen atoms in total. The molecule has 1 amide bonds. The zero-order valence-corrected chi connectivity index (χ0v) is 18.1. The predicted octanol–water partition coefficient (Wildman–Crippen LogP) is 4.16. The molecule has 0 saturated carbocycles. The standard InChI is InChI=1S/C25H30N2O3/c1-18-5-4-6-20-15-21(17-30-24(18)20)25(28)26-22-9-7-19(8-10-22)16-27(2,3)23-11-13-29-14-12-23/h4-10,15,23H,11-14,16-17H2,1-3H3/p+1. The molecular formula is C25H31N2O3+. The third-order valence-corrected chi connectivity index (χ3v) is 6.22. The Hall–Kier alpha value is -2.63. The van der Waals surface area contributed by atoms with Crippen LogP contribution in [0.25, 0.3) is 6.08 Å². The fourth-order valence-corrected chi connectivity index (χ4v) is 4.39. The zero-order valence-electron chi connectivity index (χ0n) is 18.1. The molecule has 158 valence electrons. The van der Waals surface area contributed by atoms with E-state index >= 15 is 0 Å². The maximum atomic E-state index is 12.7. The van der Waals surface area contributed by atoms with Gasteiger partial charge in [-0.1, -0.05) is 30.3 Å². The molecule has 0 spiro atoms. The van der Waals surface area contributed by atoms with E-state index in [-0.39, 0.29) is 5.91 Å². The third-order valence-electron chi connectivity index (χ3n) is 6.22. The molecular weight excluding hydrogens is 376 g/mol. The van der Waals surface area contributed by atoms with Crippen LogP contribution in [0.4, 0.5) is 5.69 Å². The minimum atomic E-state index is -0.117. The van der Waals surface area contributed by atoms with E-state index in [0.717, 1.165) is 59.6 Å². The molecule has 4 rings (SSSR count). The Morgan fingerprint density at radius 2 is 1.83 bits per heavy atom. The van der Waals surface area contributed by atoms with E-state index in [2.05, 4.69) is 31.5 Å². The van der Waals surface area contributed by atoms with E-state index in [9.17, 15) is 4.79 Å². The van der Waals surface area contributed by atoms with Crippen molar-refractivity contribution in [3.63, 3.8) is 0 Å². The smallest absolute Gasteiger partial charge is 0.255 e. The molecule has 2 aliphatic heterocycles. The first kappa shape index (κ1) is 20.6. The van der Waals surface area contributed by atoms with Gasteiger partial charge in [-0.15, -0.1) is 0 Å². The number of quaternary nitrogens is 1. The van der Waals surface area contributed by atoms with Gasteiger partial charge in [0.1, 0.15) is 18.9 Å². The number of hydrogen-bond acceptors (Lipinski definition) is 3. The molecule has 0 radical (unpaired) electrons. The van der Waals surface area contributed by atoms with Gasteiger partial charge in [0.25, 0.3) is 5.91 Å². The van der Waals surface area contributed by atoms with Crippen LogP contribution < -0.4 is 10.1 Å². The van der Waals surface area contributed by atoms with Crippen molar-refractivity contribution < 1.29 is 18.8 Å². The molecule has 30 heavy (non-hydrogen) atoms. The molecule has 0 aliphatic carbocycles. The van der Waals surface area contributed by atoms with E-state index in [1.807, 2.05) is 43.3 Å². The second-order valence-corrected chi connectivity index (χ2v) is 8.88. The van der Waals surface area contributed by atoms with Crippen molar-refractivity contribution >= 4 is 17.7 Å². The topological polar surface area (TPSA) is 47.6 Å². The number of benzene rings is 2. The average molecular weight is 408 g/mol. The Kier molecular flexibility index (Phi) is 5.93. The number of nitrogens with zero attached hydrogens (tertiary/aromatic N) is 1. The van der Waals surface area contributed by atoms with E-state index in [1.54, 1.807) is 0 Å². The largest absolute Gasteiger partial charge is 0.488 e. The number of nitrogens with one attached hydrogen (secondary N) is 1.